The molecule has 0 aromatic heterocycles. The summed E-state index contributed by atoms with van der Waals surface area (Å²) in [5.74, 6) is -3.84. The fraction of sp³-hybridized carbons (Fsp3) is 0.486. The summed E-state index contributed by atoms with van der Waals surface area (Å²) >= 11 is 0. The predicted octanol–water partition coefficient (Wildman–Crippen LogP) is 4.03. The van der Waals surface area contributed by atoms with Gasteiger partial charge in [0.25, 0.3) is 0 Å². The molecule has 2 fully saturated rings. The summed E-state index contributed by atoms with van der Waals surface area (Å²) in [4.78, 5) is 31.3. The molecule has 8 nitrogen and oxygen atoms in total. The van der Waals surface area contributed by atoms with Crippen molar-refractivity contribution in [1.82, 2.24) is 9.80 Å². The number of phenolic OH excluding ortho intramolecular Hbond substituents is 1. The Morgan fingerprint density at radius 1 is 1.07 bits per heavy atom. The first-order valence-corrected chi connectivity index (χ1v) is 15.7. The van der Waals surface area contributed by atoms with E-state index in [4.69, 9.17) is 0 Å². The van der Waals surface area contributed by atoms with Gasteiger partial charge < -0.3 is 20.4 Å². The van der Waals surface area contributed by atoms with Crippen molar-refractivity contribution in [2.24, 2.45) is 17.8 Å². The Morgan fingerprint density at radius 3 is 2.43 bits per heavy atom. The highest BCUT2D eigenvalue weighted by Crippen LogP contribution is 2.47. The van der Waals surface area contributed by atoms with Crippen LogP contribution in [0.2, 0.25) is 0 Å². The molecule has 2 aromatic rings. The van der Waals surface area contributed by atoms with Crippen molar-refractivity contribution in [3.8, 4) is 5.75 Å². The lowest BCUT2D eigenvalue weighted by Gasteiger charge is -2.36. The standard InChI is InChI=1S/C35H43FN2O6/c1-2-22(16-24-9-10-30(41)29(36)17-24)8-11-31(42)32-25(20-39)18-27-33(28(32)21-40)35(44)38(34(27)43)26-12-14-37(15-13-26)19-23-6-4-3-5-7-23/h3-7,9-10,16-17,26-28,31,33,39-42H,2,8,11-15,18-21H2,1H3/b22-16+/t27-,28+,31-,33-/m1/s1. The monoisotopic (exact) mass is 606 g/mol. The summed E-state index contributed by atoms with van der Waals surface area (Å²) in [5, 5.41) is 41.7. The molecule has 3 aliphatic rings. The number of phenols is 1. The van der Waals surface area contributed by atoms with Crippen molar-refractivity contribution in [3.05, 3.63) is 82.2 Å². The van der Waals surface area contributed by atoms with Crippen LogP contribution in [-0.4, -0.2) is 80.5 Å². The molecule has 2 amide bonds. The second-order valence-electron chi connectivity index (χ2n) is 12.3. The number of fused-ring (bicyclic) bond motifs is 1. The normalized spacial score (nSPS) is 24.2. The molecule has 2 aliphatic heterocycles. The van der Waals surface area contributed by atoms with Gasteiger partial charge in [-0.25, -0.2) is 4.39 Å². The lowest BCUT2D eigenvalue weighted by atomic mass is 9.68. The number of nitrogens with zero attached hydrogens (tertiary/aromatic N) is 2. The first kappa shape index (κ1) is 32.0. The number of hydrogen-bond acceptors (Lipinski definition) is 7. The lowest BCUT2D eigenvalue weighted by Crippen LogP contribution is -2.47. The first-order chi connectivity index (χ1) is 21.2. The van der Waals surface area contributed by atoms with E-state index in [-0.39, 0.29) is 37.3 Å². The molecule has 0 spiro atoms. The van der Waals surface area contributed by atoms with Crippen molar-refractivity contribution in [2.75, 3.05) is 26.3 Å². The summed E-state index contributed by atoms with van der Waals surface area (Å²) in [6, 6.07) is 14.2. The fourth-order valence-corrected chi connectivity index (χ4v) is 7.34. The zero-order valence-corrected chi connectivity index (χ0v) is 25.2. The van der Waals surface area contributed by atoms with E-state index in [2.05, 4.69) is 17.0 Å². The van der Waals surface area contributed by atoms with Crippen LogP contribution in [0.1, 0.15) is 56.6 Å². The number of aromatic hydroxyl groups is 1. The van der Waals surface area contributed by atoms with Crippen LogP contribution in [0.4, 0.5) is 4.39 Å². The number of carbonyl (C=O) groups is 2. The van der Waals surface area contributed by atoms with Crippen LogP contribution in [0, 0.1) is 23.6 Å². The second-order valence-corrected chi connectivity index (χ2v) is 12.3. The van der Waals surface area contributed by atoms with E-state index in [0.29, 0.717) is 42.4 Å². The fourth-order valence-electron chi connectivity index (χ4n) is 7.34. The van der Waals surface area contributed by atoms with E-state index in [9.17, 15) is 34.4 Å². The molecule has 0 saturated carbocycles. The number of aliphatic hydroxyl groups excluding tert-OH is 3. The van der Waals surface area contributed by atoms with Crippen LogP contribution in [-0.2, 0) is 16.1 Å². The number of piperidine rings is 1. The van der Waals surface area contributed by atoms with Gasteiger partial charge in [-0.2, -0.15) is 0 Å². The van der Waals surface area contributed by atoms with Crippen LogP contribution in [0.3, 0.4) is 0 Å². The number of amides is 2. The maximum Gasteiger partial charge on any atom is 0.234 e. The molecule has 44 heavy (non-hydrogen) atoms. The molecule has 9 heteroatoms. The van der Waals surface area contributed by atoms with Gasteiger partial charge in [-0.1, -0.05) is 55.0 Å². The Bertz CT molecular complexity index is 1400. The predicted molar refractivity (Wildman–Crippen MR) is 164 cm³/mol. The number of benzene rings is 2. The van der Waals surface area contributed by atoms with Gasteiger partial charge in [0.05, 0.1) is 31.2 Å². The highest BCUT2D eigenvalue weighted by Gasteiger charge is 2.56. The van der Waals surface area contributed by atoms with Crippen molar-refractivity contribution >= 4 is 17.9 Å². The molecule has 1 aliphatic carbocycles. The van der Waals surface area contributed by atoms with E-state index in [1.807, 2.05) is 31.2 Å². The largest absolute Gasteiger partial charge is 0.505 e. The molecule has 2 heterocycles. The molecule has 0 bridgehead atoms. The van der Waals surface area contributed by atoms with Gasteiger partial charge in [0.1, 0.15) is 0 Å². The van der Waals surface area contributed by atoms with Crippen molar-refractivity contribution < 1.29 is 34.4 Å². The third-order valence-electron chi connectivity index (χ3n) is 9.67. The Labute approximate surface area is 258 Å². The number of aliphatic hydroxyl groups is 3. The molecule has 5 rings (SSSR count). The molecule has 0 radical (unpaired) electrons. The van der Waals surface area contributed by atoms with Crippen LogP contribution < -0.4 is 0 Å². The van der Waals surface area contributed by atoms with E-state index in [1.165, 1.54) is 22.6 Å². The Hall–Kier alpha value is -3.37. The van der Waals surface area contributed by atoms with Gasteiger partial charge >= 0.3 is 0 Å². The van der Waals surface area contributed by atoms with Gasteiger partial charge in [0.2, 0.25) is 11.8 Å². The van der Waals surface area contributed by atoms with E-state index in [0.717, 1.165) is 25.2 Å². The highest BCUT2D eigenvalue weighted by molar-refractivity contribution is 6.06. The molecule has 236 valence electrons. The minimum Gasteiger partial charge on any atom is -0.505 e. The number of likely N-dealkylation sites (tertiary alicyclic amines) is 2. The summed E-state index contributed by atoms with van der Waals surface area (Å²) in [6.07, 6.45) is 3.73. The molecule has 0 unspecified atom stereocenters. The minimum absolute atomic E-state index is 0.182. The van der Waals surface area contributed by atoms with E-state index < -0.39 is 42.0 Å². The van der Waals surface area contributed by atoms with E-state index >= 15 is 0 Å². The van der Waals surface area contributed by atoms with Crippen LogP contribution in [0.5, 0.6) is 5.75 Å². The molecule has 2 saturated heterocycles. The van der Waals surface area contributed by atoms with Crippen LogP contribution >= 0.6 is 0 Å². The quantitative estimate of drug-likeness (QED) is 0.225. The maximum absolute atomic E-state index is 13.9. The lowest BCUT2D eigenvalue weighted by molar-refractivity contribution is -0.144. The number of hydrogen-bond donors (Lipinski definition) is 4. The number of halogens is 1. The molecular weight excluding hydrogens is 563 g/mol. The number of allylic oxidation sites excluding steroid dienone is 1. The van der Waals surface area contributed by atoms with Crippen molar-refractivity contribution in [3.63, 3.8) is 0 Å². The van der Waals surface area contributed by atoms with Crippen molar-refractivity contribution in [1.29, 1.82) is 0 Å². The SMILES string of the molecule is CC/C(=C\c1ccc(O)c(F)c1)CC[C@@H](O)C1=C(CO)C[C@H]2C(=O)N(C3CCN(Cc4ccccc4)CC3)C(=O)[C@H]2[C@H]1CO. The minimum atomic E-state index is -1.03. The average molecular weight is 607 g/mol. The molecule has 4 atom stereocenters. The van der Waals surface area contributed by atoms with Gasteiger partial charge in [-0.05, 0) is 72.9 Å². The van der Waals surface area contributed by atoms with Gasteiger partial charge in [-0.3, -0.25) is 19.4 Å². The highest BCUT2D eigenvalue weighted by atomic mass is 19.1. The Balaban J connectivity index is 1.27. The number of imide groups is 1. The zero-order valence-electron chi connectivity index (χ0n) is 25.2. The number of rotatable bonds is 11. The van der Waals surface area contributed by atoms with Crippen LogP contribution in [0.25, 0.3) is 6.08 Å². The maximum atomic E-state index is 13.9. The summed E-state index contributed by atoms with van der Waals surface area (Å²) in [5.41, 5.74) is 3.74. The van der Waals surface area contributed by atoms with E-state index in [1.54, 1.807) is 6.07 Å². The first-order valence-electron chi connectivity index (χ1n) is 15.7. The molecule has 2 aromatic carbocycles. The topological polar surface area (TPSA) is 122 Å². The number of carbonyl (C=O) groups excluding carboxylic acids is 2. The van der Waals surface area contributed by atoms with Gasteiger partial charge in [0.15, 0.2) is 11.6 Å². The third-order valence-corrected chi connectivity index (χ3v) is 9.67. The Morgan fingerprint density at radius 2 is 1.80 bits per heavy atom. The van der Waals surface area contributed by atoms with Crippen molar-refractivity contribution in [2.45, 2.75) is 64.1 Å². The second kappa shape index (κ2) is 14.2. The molecule has 4 N–H and O–H groups in total. The summed E-state index contributed by atoms with van der Waals surface area (Å²) in [7, 11) is 0. The zero-order chi connectivity index (χ0) is 31.4. The van der Waals surface area contributed by atoms with Crippen LogP contribution in [0.15, 0.2) is 65.3 Å². The Kier molecular flexibility index (Phi) is 10.3. The molecular formula is C35H43FN2O6. The van der Waals surface area contributed by atoms with Gasteiger partial charge in [-0.15, -0.1) is 0 Å². The third kappa shape index (κ3) is 6.66. The summed E-state index contributed by atoms with van der Waals surface area (Å²) < 4.78 is 13.8. The smallest absolute Gasteiger partial charge is 0.234 e. The van der Waals surface area contributed by atoms with Gasteiger partial charge in [0, 0.05) is 31.6 Å². The average Bonchev–Trinajstić information content (AvgIpc) is 3.29. The summed E-state index contributed by atoms with van der Waals surface area (Å²) in [6.45, 7) is 3.53.